The molecule has 0 aromatic heterocycles. The molecule has 1 aliphatic heterocycles. The Morgan fingerprint density at radius 3 is 2.52 bits per heavy atom. The van der Waals surface area contributed by atoms with Crippen LogP contribution in [0.2, 0.25) is 5.02 Å². The van der Waals surface area contributed by atoms with Crippen LogP contribution in [0.4, 0.5) is 24.5 Å². The van der Waals surface area contributed by atoms with Crippen molar-refractivity contribution in [3.63, 3.8) is 0 Å². The van der Waals surface area contributed by atoms with Gasteiger partial charge in [0.1, 0.15) is 0 Å². The molecule has 3 rings (SSSR count). The second kappa shape index (κ2) is 8.46. The first-order valence-electron chi connectivity index (χ1n) is 8.36. The SMILES string of the molecule is O=C(CSC1CC(=O)N(c2cccc(C(F)(F)F)c2)C1=O)Nc1ccc(Cl)cc1. The molecule has 1 saturated heterocycles. The fourth-order valence-electron chi connectivity index (χ4n) is 2.73. The molecule has 1 atom stereocenters. The minimum atomic E-state index is -4.59. The van der Waals surface area contributed by atoms with Crippen LogP contribution < -0.4 is 10.2 Å². The molecule has 10 heteroatoms. The largest absolute Gasteiger partial charge is 0.416 e. The molecular weight excluding hydrogens is 429 g/mol. The summed E-state index contributed by atoms with van der Waals surface area (Å²) in [5.41, 5.74) is -0.558. The normalized spacial score (nSPS) is 17.0. The molecule has 2 aromatic rings. The molecular formula is C19H14ClF3N2O3S. The Morgan fingerprint density at radius 1 is 1.17 bits per heavy atom. The van der Waals surface area contributed by atoms with Gasteiger partial charge in [0.15, 0.2) is 0 Å². The number of carbonyl (C=O) groups excluding carboxylic acids is 3. The average Bonchev–Trinajstić information content (AvgIpc) is 2.95. The molecule has 1 N–H and O–H groups in total. The van der Waals surface area contributed by atoms with E-state index in [-0.39, 0.29) is 23.8 Å². The van der Waals surface area contributed by atoms with Crippen molar-refractivity contribution < 1.29 is 27.6 Å². The van der Waals surface area contributed by atoms with E-state index in [2.05, 4.69) is 5.32 Å². The summed E-state index contributed by atoms with van der Waals surface area (Å²) in [6.45, 7) is 0. The highest BCUT2D eigenvalue weighted by Crippen LogP contribution is 2.34. The maximum absolute atomic E-state index is 12.9. The summed E-state index contributed by atoms with van der Waals surface area (Å²) in [5.74, 6) is -1.72. The summed E-state index contributed by atoms with van der Waals surface area (Å²) >= 11 is 6.73. The highest BCUT2D eigenvalue weighted by molar-refractivity contribution is 8.01. The van der Waals surface area contributed by atoms with E-state index in [9.17, 15) is 27.6 Å². The van der Waals surface area contributed by atoms with Crippen LogP contribution >= 0.6 is 23.4 Å². The van der Waals surface area contributed by atoms with Crippen molar-refractivity contribution in [2.75, 3.05) is 16.0 Å². The number of carbonyl (C=O) groups is 3. The maximum Gasteiger partial charge on any atom is 0.416 e. The quantitative estimate of drug-likeness (QED) is 0.699. The summed E-state index contributed by atoms with van der Waals surface area (Å²) < 4.78 is 38.7. The van der Waals surface area contributed by atoms with Crippen molar-refractivity contribution in [2.45, 2.75) is 17.8 Å². The van der Waals surface area contributed by atoms with Crippen LogP contribution in [-0.2, 0) is 20.6 Å². The maximum atomic E-state index is 12.9. The van der Waals surface area contributed by atoms with Crippen LogP contribution in [0.1, 0.15) is 12.0 Å². The molecule has 0 aliphatic carbocycles. The lowest BCUT2D eigenvalue weighted by atomic mass is 10.2. The lowest BCUT2D eigenvalue weighted by molar-refractivity contribution is -0.137. The van der Waals surface area contributed by atoms with Gasteiger partial charge < -0.3 is 5.32 Å². The molecule has 0 bridgehead atoms. The number of thioether (sulfide) groups is 1. The van der Waals surface area contributed by atoms with E-state index < -0.39 is 28.8 Å². The van der Waals surface area contributed by atoms with Gasteiger partial charge >= 0.3 is 6.18 Å². The number of hydrogen-bond acceptors (Lipinski definition) is 4. The second-order valence-electron chi connectivity index (χ2n) is 6.17. The van der Waals surface area contributed by atoms with Gasteiger partial charge in [-0.2, -0.15) is 13.2 Å². The summed E-state index contributed by atoms with van der Waals surface area (Å²) in [6.07, 6.45) is -4.77. The predicted molar refractivity (Wildman–Crippen MR) is 105 cm³/mol. The summed E-state index contributed by atoms with van der Waals surface area (Å²) in [6, 6.07) is 10.5. The van der Waals surface area contributed by atoms with Gasteiger partial charge in [-0.25, -0.2) is 4.90 Å². The first-order chi connectivity index (χ1) is 13.6. The molecule has 152 valence electrons. The van der Waals surface area contributed by atoms with Crippen LogP contribution in [0.5, 0.6) is 0 Å². The van der Waals surface area contributed by atoms with Crippen molar-refractivity contribution in [1.82, 2.24) is 0 Å². The standard InChI is InChI=1S/C19H14ClF3N2O3S/c20-12-4-6-13(7-5-12)24-16(26)10-29-15-9-17(27)25(18(15)28)14-3-1-2-11(8-14)19(21,22)23/h1-8,15H,9-10H2,(H,24,26). The summed E-state index contributed by atoms with van der Waals surface area (Å²) in [5, 5.41) is 2.31. The number of anilines is 2. The van der Waals surface area contributed by atoms with Crippen molar-refractivity contribution in [3.05, 3.63) is 59.1 Å². The third kappa shape index (κ3) is 5.10. The highest BCUT2D eigenvalue weighted by atomic mass is 35.5. The van der Waals surface area contributed by atoms with Crippen molar-refractivity contribution in [1.29, 1.82) is 0 Å². The second-order valence-corrected chi connectivity index (χ2v) is 7.80. The Labute approximate surface area is 173 Å². The smallest absolute Gasteiger partial charge is 0.325 e. The Kier molecular flexibility index (Phi) is 6.18. The topological polar surface area (TPSA) is 66.5 Å². The number of imide groups is 1. The lowest BCUT2D eigenvalue weighted by Gasteiger charge is -2.16. The molecule has 1 unspecified atom stereocenters. The molecule has 1 aliphatic rings. The van der Waals surface area contributed by atoms with Crippen LogP contribution in [0, 0.1) is 0 Å². The molecule has 1 fully saturated rings. The van der Waals surface area contributed by atoms with Gasteiger partial charge in [-0.05, 0) is 42.5 Å². The molecule has 0 spiro atoms. The minimum absolute atomic E-state index is 0.0945. The monoisotopic (exact) mass is 442 g/mol. The predicted octanol–water partition coefficient (Wildman–Crippen LogP) is 4.36. The van der Waals surface area contributed by atoms with Crippen molar-refractivity contribution in [2.24, 2.45) is 0 Å². The fourth-order valence-corrected chi connectivity index (χ4v) is 3.79. The minimum Gasteiger partial charge on any atom is -0.325 e. The van der Waals surface area contributed by atoms with Gasteiger partial charge in [-0.15, -0.1) is 11.8 Å². The van der Waals surface area contributed by atoms with Gasteiger partial charge in [0.05, 0.1) is 22.3 Å². The number of amides is 3. The molecule has 3 amide bonds. The van der Waals surface area contributed by atoms with E-state index in [1.807, 2.05) is 0 Å². The number of halogens is 4. The number of nitrogens with one attached hydrogen (secondary N) is 1. The van der Waals surface area contributed by atoms with E-state index in [1.165, 1.54) is 6.07 Å². The Hall–Kier alpha value is -2.52. The number of rotatable bonds is 5. The number of hydrogen-bond donors (Lipinski definition) is 1. The van der Waals surface area contributed by atoms with Crippen LogP contribution in [0.3, 0.4) is 0 Å². The van der Waals surface area contributed by atoms with Crippen LogP contribution in [0.15, 0.2) is 48.5 Å². The zero-order chi connectivity index (χ0) is 21.2. The Bertz CT molecular complexity index is 950. The van der Waals surface area contributed by atoms with E-state index in [0.29, 0.717) is 10.7 Å². The van der Waals surface area contributed by atoms with E-state index in [4.69, 9.17) is 11.6 Å². The fraction of sp³-hybridized carbons (Fsp3) is 0.211. The van der Waals surface area contributed by atoms with Crippen LogP contribution in [0.25, 0.3) is 0 Å². The Morgan fingerprint density at radius 2 is 1.86 bits per heavy atom. The van der Waals surface area contributed by atoms with Crippen molar-refractivity contribution >= 4 is 52.5 Å². The molecule has 5 nitrogen and oxygen atoms in total. The molecule has 2 aromatic carbocycles. The van der Waals surface area contributed by atoms with Gasteiger partial charge in [0.25, 0.3) is 0 Å². The summed E-state index contributed by atoms with van der Waals surface area (Å²) in [7, 11) is 0. The van der Waals surface area contributed by atoms with Crippen molar-refractivity contribution in [3.8, 4) is 0 Å². The number of benzene rings is 2. The summed E-state index contributed by atoms with van der Waals surface area (Å²) in [4.78, 5) is 37.6. The molecule has 0 radical (unpaired) electrons. The van der Waals surface area contributed by atoms with E-state index >= 15 is 0 Å². The molecule has 0 saturated carbocycles. The first kappa shape index (κ1) is 21.2. The molecule has 29 heavy (non-hydrogen) atoms. The third-order valence-electron chi connectivity index (χ3n) is 4.08. The molecule has 1 heterocycles. The number of nitrogens with zero attached hydrogens (tertiary/aromatic N) is 1. The lowest BCUT2D eigenvalue weighted by Crippen LogP contribution is -2.31. The zero-order valence-corrected chi connectivity index (χ0v) is 16.3. The number of alkyl halides is 3. The highest BCUT2D eigenvalue weighted by Gasteiger charge is 2.41. The van der Waals surface area contributed by atoms with Gasteiger partial charge in [0.2, 0.25) is 17.7 Å². The average molecular weight is 443 g/mol. The van der Waals surface area contributed by atoms with Gasteiger partial charge in [-0.1, -0.05) is 17.7 Å². The first-order valence-corrected chi connectivity index (χ1v) is 9.79. The third-order valence-corrected chi connectivity index (χ3v) is 5.53. The van der Waals surface area contributed by atoms with Crippen LogP contribution in [-0.4, -0.2) is 28.7 Å². The van der Waals surface area contributed by atoms with Gasteiger partial charge in [-0.3, -0.25) is 14.4 Å². The Balaban J connectivity index is 1.63. The van der Waals surface area contributed by atoms with Gasteiger partial charge in [0, 0.05) is 17.1 Å². The zero-order valence-electron chi connectivity index (χ0n) is 14.7. The van der Waals surface area contributed by atoms with E-state index in [1.54, 1.807) is 24.3 Å². The van der Waals surface area contributed by atoms with E-state index in [0.717, 1.165) is 34.9 Å².